The summed E-state index contributed by atoms with van der Waals surface area (Å²) < 4.78 is 11.4. The molecule has 0 unspecified atom stereocenters. The molecule has 0 radical (unpaired) electrons. The standard InChI is InChI=1S/C19H24N2O2/c1-4-22-19-12-17(10-11-18(19)23-15(2)3)14-21-20-13-16-8-6-5-7-9-16/h5-12,14-15,20H,4,13H2,1-3H3. The largest absolute Gasteiger partial charge is 0.490 e. The lowest BCUT2D eigenvalue weighted by Gasteiger charge is -2.14. The molecule has 0 saturated heterocycles. The van der Waals surface area contributed by atoms with Gasteiger partial charge in [0.2, 0.25) is 0 Å². The van der Waals surface area contributed by atoms with Crippen molar-refractivity contribution in [1.29, 1.82) is 0 Å². The Morgan fingerprint density at radius 3 is 2.57 bits per heavy atom. The van der Waals surface area contributed by atoms with Crippen molar-refractivity contribution in [3.8, 4) is 11.5 Å². The van der Waals surface area contributed by atoms with E-state index < -0.39 is 0 Å². The van der Waals surface area contributed by atoms with Crippen molar-refractivity contribution in [2.45, 2.75) is 33.4 Å². The van der Waals surface area contributed by atoms with Crippen LogP contribution in [0.15, 0.2) is 53.6 Å². The summed E-state index contributed by atoms with van der Waals surface area (Å²) in [5.41, 5.74) is 5.20. The number of benzene rings is 2. The molecule has 4 heteroatoms. The van der Waals surface area contributed by atoms with Gasteiger partial charge < -0.3 is 14.9 Å². The Kier molecular flexibility index (Phi) is 6.48. The summed E-state index contributed by atoms with van der Waals surface area (Å²) in [4.78, 5) is 0. The number of hydrazone groups is 1. The first-order valence-electron chi connectivity index (χ1n) is 7.92. The van der Waals surface area contributed by atoms with E-state index in [4.69, 9.17) is 9.47 Å². The molecule has 1 N–H and O–H groups in total. The normalized spacial score (nSPS) is 11.0. The monoisotopic (exact) mass is 312 g/mol. The molecule has 122 valence electrons. The Labute approximate surface area is 138 Å². The van der Waals surface area contributed by atoms with E-state index in [9.17, 15) is 0 Å². The van der Waals surface area contributed by atoms with Gasteiger partial charge in [0.25, 0.3) is 0 Å². The lowest BCUT2D eigenvalue weighted by molar-refractivity contribution is 0.224. The highest BCUT2D eigenvalue weighted by molar-refractivity contribution is 5.80. The van der Waals surface area contributed by atoms with Crippen molar-refractivity contribution in [2.75, 3.05) is 6.61 Å². The quantitative estimate of drug-likeness (QED) is 0.592. The Morgan fingerprint density at radius 2 is 1.87 bits per heavy atom. The third-order valence-corrected chi connectivity index (χ3v) is 3.06. The summed E-state index contributed by atoms with van der Waals surface area (Å²) in [6, 6.07) is 16.0. The number of rotatable bonds is 8. The molecule has 2 rings (SSSR count). The zero-order valence-corrected chi connectivity index (χ0v) is 14.0. The van der Waals surface area contributed by atoms with Crippen molar-refractivity contribution >= 4 is 6.21 Å². The summed E-state index contributed by atoms with van der Waals surface area (Å²) in [6.07, 6.45) is 1.89. The molecule has 0 aromatic heterocycles. The molecule has 0 spiro atoms. The number of nitrogens with zero attached hydrogens (tertiary/aromatic N) is 1. The number of hydrogen-bond donors (Lipinski definition) is 1. The summed E-state index contributed by atoms with van der Waals surface area (Å²) in [6.45, 7) is 7.25. The highest BCUT2D eigenvalue weighted by Crippen LogP contribution is 2.28. The minimum atomic E-state index is 0.112. The molecule has 0 aliphatic heterocycles. The summed E-state index contributed by atoms with van der Waals surface area (Å²) in [5.74, 6) is 1.50. The van der Waals surface area contributed by atoms with E-state index in [0.29, 0.717) is 13.2 Å². The number of hydrogen-bond acceptors (Lipinski definition) is 4. The fraction of sp³-hybridized carbons (Fsp3) is 0.316. The lowest BCUT2D eigenvalue weighted by atomic mass is 10.2. The molecular formula is C19H24N2O2. The van der Waals surface area contributed by atoms with E-state index >= 15 is 0 Å². The molecule has 0 atom stereocenters. The van der Waals surface area contributed by atoms with Crippen LogP contribution in [-0.2, 0) is 6.54 Å². The maximum absolute atomic E-state index is 5.75. The molecule has 2 aromatic carbocycles. The van der Waals surface area contributed by atoms with Crippen LogP contribution in [0.5, 0.6) is 11.5 Å². The first kappa shape index (κ1) is 16.9. The Hall–Kier alpha value is -2.49. The first-order chi connectivity index (χ1) is 11.2. The smallest absolute Gasteiger partial charge is 0.161 e. The predicted octanol–water partition coefficient (Wildman–Crippen LogP) is 4.00. The second-order valence-corrected chi connectivity index (χ2v) is 5.38. The van der Waals surface area contributed by atoms with Crippen LogP contribution in [0.3, 0.4) is 0 Å². The Balaban J connectivity index is 1.98. The number of nitrogens with one attached hydrogen (secondary N) is 1. The van der Waals surface area contributed by atoms with Gasteiger partial charge in [0.15, 0.2) is 11.5 Å². The highest BCUT2D eigenvalue weighted by atomic mass is 16.5. The molecule has 0 heterocycles. The van der Waals surface area contributed by atoms with Gasteiger partial charge in [-0.2, -0.15) is 5.10 Å². The molecule has 23 heavy (non-hydrogen) atoms. The molecule has 2 aromatic rings. The SMILES string of the molecule is CCOc1cc(C=NNCc2ccccc2)ccc1OC(C)C. The average molecular weight is 312 g/mol. The molecule has 0 saturated carbocycles. The predicted molar refractivity (Wildman–Crippen MR) is 94.3 cm³/mol. The molecule has 0 aliphatic carbocycles. The van der Waals surface area contributed by atoms with Gasteiger partial charge in [0.05, 0.1) is 25.5 Å². The van der Waals surface area contributed by atoms with E-state index in [0.717, 1.165) is 17.1 Å². The van der Waals surface area contributed by atoms with Gasteiger partial charge in [-0.3, -0.25) is 0 Å². The molecule has 0 amide bonds. The fourth-order valence-corrected chi connectivity index (χ4v) is 2.08. The minimum absolute atomic E-state index is 0.112. The van der Waals surface area contributed by atoms with Crippen molar-refractivity contribution in [2.24, 2.45) is 5.10 Å². The van der Waals surface area contributed by atoms with E-state index in [2.05, 4.69) is 22.7 Å². The van der Waals surface area contributed by atoms with Crippen LogP contribution in [-0.4, -0.2) is 18.9 Å². The Morgan fingerprint density at radius 1 is 1.09 bits per heavy atom. The fourth-order valence-electron chi connectivity index (χ4n) is 2.08. The van der Waals surface area contributed by atoms with E-state index in [-0.39, 0.29) is 6.10 Å². The zero-order valence-electron chi connectivity index (χ0n) is 14.0. The van der Waals surface area contributed by atoms with Crippen LogP contribution in [0.4, 0.5) is 0 Å². The van der Waals surface area contributed by atoms with E-state index in [1.807, 2.05) is 57.2 Å². The minimum Gasteiger partial charge on any atom is -0.490 e. The van der Waals surface area contributed by atoms with Gasteiger partial charge >= 0.3 is 0 Å². The van der Waals surface area contributed by atoms with Crippen LogP contribution < -0.4 is 14.9 Å². The molecular weight excluding hydrogens is 288 g/mol. The van der Waals surface area contributed by atoms with Gasteiger partial charge in [-0.1, -0.05) is 30.3 Å². The summed E-state index contributed by atoms with van der Waals surface area (Å²) >= 11 is 0. The maximum Gasteiger partial charge on any atom is 0.161 e. The first-order valence-corrected chi connectivity index (χ1v) is 7.92. The van der Waals surface area contributed by atoms with E-state index in [1.54, 1.807) is 6.21 Å². The van der Waals surface area contributed by atoms with Gasteiger partial charge in [-0.05, 0) is 50.1 Å². The van der Waals surface area contributed by atoms with Crippen LogP contribution >= 0.6 is 0 Å². The summed E-state index contributed by atoms with van der Waals surface area (Å²) in [5, 5.41) is 4.26. The van der Waals surface area contributed by atoms with Crippen LogP contribution in [0, 0.1) is 0 Å². The number of ether oxygens (including phenoxy) is 2. The van der Waals surface area contributed by atoms with Crippen molar-refractivity contribution < 1.29 is 9.47 Å². The molecule has 0 aliphatic rings. The second kappa shape index (κ2) is 8.83. The zero-order chi connectivity index (χ0) is 16.5. The average Bonchev–Trinajstić information content (AvgIpc) is 2.55. The lowest BCUT2D eigenvalue weighted by Crippen LogP contribution is -2.08. The maximum atomic E-state index is 5.75. The summed E-state index contributed by atoms with van der Waals surface area (Å²) in [7, 11) is 0. The van der Waals surface area contributed by atoms with Crippen LogP contribution in [0.25, 0.3) is 0 Å². The highest BCUT2D eigenvalue weighted by Gasteiger charge is 2.07. The van der Waals surface area contributed by atoms with Crippen molar-refractivity contribution in [1.82, 2.24) is 5.43 Å². The second-order valence-electron chi connectivity index (χ2n) is 5.38. The van der Waals surface area contributed by atoms with E-state index in [1.165, 1.54) is 5.56 Å². The van der Waals surface area contributed by atoms with Crippen LogP contribution in [0.2, 0.25) is 0 Å². The van der Waals surface area contributed by atoms with Crippen molar-refractivity contribution in [3.05, 3.63) is 59.7 Å². The van der Waals surface area contributed by atoms with Crippen LogP contribution in [0.1, 0.15) is 31.9 Å². The molecule has 0 bridgehead atoms. The van der Waals surface area contributed by atoms with Gasteiger partial charge in [-0.15, -0.1) is 0 Å². The third kappa shape index (κ3) is 5.66. The molecule has 0 fully saturated rings. The molecule has 4 nitrogen and oxygen atoms in total. The third-order valence-electron chi connectivity index (χ3n) is 3.06. The van der Waals surface area contributed by atoms with Gasteiger partial charge in [0, 0.05) is 0 Å². The topological polar surface area (TPSA) is 42.8 Å². The van der Waals surface area contributed by atoms with Gasteiger partial charge in [-0.25, -0.2) is 0 Å². The van der Waals surface area contributed by atoms with Gasteiger partial charge in [0.1, 0.15) is 0 Å². The Bertz CT molecular complexity index is 625. The van der Waals surface area contributed by atoms with Crippen molar-refractivity contribution in [3.63, 3.8) is 0 Å².